The standard InChI is InChI=1S/C10H12BrN3/c1-6-4-7(11)5-8-9(6)14(3)10(12)13(8)2/h4-5,12H,1-3H3. The first-order valence-electron chi connectivity index (χ1n) is 4.38. The first kappa shape index (κ1) is 9.52. The first-order valence-corrected chi connectivity index (χ1v) is 5.18. The van der Waals surface area contributed by atoms with Crippen molar-refractivity contribution < 1.29 is 0 Å². The number of hydrogen-bond acceptors (Lipinski definition) is 1. The molecule has 0 radical (unpaired) electrons. The molecule has 4 heteroatoms. The highest BCUT2D eigenvalue weighted by molar-refractivity contribution is 9.10. The van der Waals surface area contributed by atoms with Gasteiger partial charge in [0, 0.05) is 18.6 Å². The zero-order chi connectivity index (χ0) is 10.5. The minimum absolute atomic E-state index is 0.515. The third-order valence-corrected chi connectivity index (χ3v) is 3.04. The van der Waals surface area contributed by atoms with E-state index in [0.29, 0.717) is 5.62 Å². The topological polar surface area (TPSA) is 33.7 Å². The van der Waals surface area contributed by atoms with Crippen LogP contribution in [0.3, 0.4) is 0 Å². The van der Waals surface area contributed by atoms with Crippen LogP contribution in [0.1, 0.15) is 5.56 Å². The molecular weight excluding hydrogens is 242 g/mol. The summed E-state index contributed by atoms with van der Waals surface area (Å²) in [5.74, 6) is 0. The summed E-state index contributed by atoms with van der Waals surface area (Å²) in [6.45, 7) is 2.06. The fourth-order valence-electron chi connectivity index (χ4n) is 1.85. The monoisotopic (exact) mass is 253 g/mol. The average Bonchev–Trinajstić information content (AvgIpc) is 2.31. The van der Waals surface area contributed by atoms with Crippen molar-refractivity contribution in [2.45, 2.75) is 6.92 Å². The number of aryl methyl sites for hydroxylation is 3. The molecule has 0 aliphatic heterocycles. The molecular formula is C10H12BrN3. The molecule has 0 saturated carbocycles. The van der Waals surface area contributed by atoms with Crippen molar-refractivity contribution in [1.82, 2.24) is 9.13 Å². The van der Waals surface area contributed by atoms with E-state index in [4.69, 9.17) is 5.41 Å². The molecule has 0 aliphatic carbocycles. The first-order chi connectivity index (χ1) is 6.52. The molecule has 1 aromatic carbocycles. The van der Waals surface area contributed by atoms with Gasteiger partial charge >= 0.3 is 0 Å². The number of hydrogen-bond donors (Lipinski definition) is 1. The third kappa shape index (κ3) is 1.14. The van der Waals surface area contributed by atoms with Gasteiger partial charge in [0.05, 0.1) is 11.0 Å². The predicted octanol–water partition coefficient (Wildman–Crippen LogP) is 2.07. The molecule has 0 fully saturated rings. The van der Waals surface area contributed by atoms with Gasteiger partial charge in [0.25, 0.3) is 0 Å². The van der Waals surface area contributed by atoms with Crippen LogP contribution in [0.5, 0.6) is 0 Å². The normalized spacial score (nSPS) is 11.1. The second kappa shape index (κ2) is 2.98. The molecule has 0 bridgehead atoms. The Morgan fingerprint density at radius 1 is 1.21 bits per heavy atom. The Hall–Kier alpha value is -1.03. The summed E-state index contributed by atoms with van der Waals surface area (Å²) in [5.41, 5.74) is 3.91. The lowest BCUT2D eigenvalue weighted by Gasteiger charge is -2.00. The largest absolute Gasteiger partial charge is 0.313 e. The molecule has 74 valence electrons. The van der Waals surface area contributed by atoms with E-state index in [2.05, 4.69) is 28.9 Å². The van der Waals surface area contributed by atoms with Crippen LogP contribution >= 0.6 is 15.9 Å². The van der Waals surface area contributed by atoms with Gasteiger partial charge in [-0.1, -0.05) is 15.9 Å². The second-order valence-electron chi connectivity index (χ2n) is 3.53. The Bertz CT molecular complexity index is 563. The summed E-state index contributed by atoms with van der Waals surface area (Å²) in [6, 6.07) is 4.11. The Labute approximate surface area is 90.6 Å². The summed E-state index contributed by atoms with van der Waals surface area (Å²) in [7, 11) is 3.84. The van der Waals surface area contributed by atoms with Crippen LogP contribution in [0, 0.1) is 12.3 Å². The van der Waals surface area contributed by atoms with Crippen LogP contribution in [0.25, 0.3) is 11.0 Å². The number of benzene rings is 1. The molecule has 0 spiro atoms. The van der Waals surface area contributed by atoms with E-state index in [9.17, 15) is 0 Å². The van der Waals surface area contributed by atoms with Gasteiger partial charge in [-0.05, 0) is 24.6 Å². The van der Waals surface area contributed by atoms with Crippen molar-refractivity contribution in [3.63, 3.8) is 0 Å². The number of rotatable bonds is 0. The van der Waals surface area contributed by atoms with Crippen molar-refractivity contribution in [3.05, 3.63) is 27.8 Å². The molecule has 1 heterocycles. The van der Waals surface area contributed by atoms with Crippen LogP contribution in [0.2, 0.25) is 0 Å². The number of nitrogens with zero attached hydrogens (tertiary/aromatic N) is 2. The lowest BCUT2D eigenvalue weighted by molar-refractivity contribution is 0.742. The van der Waals surface area contributed by atoms with E-state index in [-0.39, 0.29) is 0 Å². The maximum absolute atomic E-state index is 7.85. The van der Waals surface area contributed by atoms with Crippen molar-refractivity contribution >= 4 is 27.0 Å². The average molecular weight is 254 g/mol. The Morgan fingerprint density at radius 3 is 2.50 bits per heavy atom. The van der Waals surface area contributed by atoms with Crippen molar-refractivity contribution in [2.24, 2.45) is 14.1 Å². The molecule has 1 N–H and O–H groups in total. The Balaban J connectivity index is 3.10. The number of aromatic nitrogens is 2. The zero-order valence-electron chi connectivity index (χ0n) is 8.43. The van der Waals surface area contributed by atoms with E-state index >= 15 is 0 Å². The van der Waals surface area contributed by atoms with Crippen molar-refractivity contribution in [3.8, 4) is 0 Å². The highest BCUT2D eigenvalue weighted by Gasteiger charge is 2.08. The predicted molar refractivity (Wildman–Crippen MR) is 60.2 cm³/mol. The van der Waals surface area contributed by atoms with Crippen LogP contribution in [0.15, 0.2) is 16.6 Å². The molecule has 0 saturated heterocycles. The van der Waals surface area contributed by atoms with E-state index in [1.165, 1.54) is 5.56 Å². The molecule has 1 aromatic heterocycles. The molecule has 0 unspecified atom stereocenters. The quantitative estimate of drug-likeness (QED) is 0.746. The van der Waals surface area contributed by atoms with Gasteiger partial charge in [-0.15, -0.1) is 0 Å². The van der Waals surface area contributed by atoms with Gasteiger partial charge in [0.1, 0.15) is 0 Å². The summed E-state index contributed by atoms with van der Waals surface area (Å²) >= 11 is 3.47. The molecule has 0 atom stereocenters. The smallest absolute Gasteiger partial charge is 0.202 e. The molecule has 2 aromatic rings. The lowest BCUT2D eigenvalue weighted by Crippen LogP contribution is -2.19. The van der Waals surface area contributed by atoms with E-state index in [1.807, 2.05) is 29.3 Å². The molecule has 0 aliphatic rings. The van der Waals surface area contributed by atoms with Gasteiger partial charge in [-0.3, -0.25) is 5.41 Å². The van der Waals surface area contributed by atoms with Gasteiger partial charge in [-0.25, -0.2) is 0 Å². The lowest BCUT2D eigenvalue weighted by atomic mass is 10.2. The van der Waals surface area contributed by atoms with E-state index < -0.39 is 0 Å². The Kier molecular flexibility index (Phi) is 2.03. The van der Waals surface area contributed by atoms with Gasteiger partial charge in [0.15, 0.2) is 0 Å². The molecule has 14 heavy (non-hydrogen) atoms. The molecule has 0 amide bonds. The van der Waals surface area contributed by atoms with Crippen LogP contribution < -0.4 is 5.62 Å². The van der Waals surface area contributed by atoms with Gasteiger partial charge in [-0.2, -0.15) is 0 Å². The maximum Gasteiger partial charge on any atom is 0.202 e. The number of halogens is 1. The van der Waals surface area contributed by atoms with Crippen LogP contribution in [-0.2, 0) is 14.1 Å². The van der Waals surface area contributed by atoms with Gasteiger partial charge < -0.3 is 9.13 Å². The fourth-order valence-corrected chi connectivity index (χ4v) is 2.42. The highest BCUT2D eigenvalue weighted by Crippen LogP contribution is 2.22. The summed E-state index contributed by atoms with van der Waals surface area (Å²) < 4.78 is 4.84. The minimum Gasteiger partial charge on any atom is -0.313 e. The van der Waals surface area contributed by atoms with E-state index in [1.54, 1.807) is 0 Å². The van der Waals surface area contributed by atoms with Crippen molar-refractivity contribution in [1.29, 1.82) is 5.41 Å². The summed E-state index contributed by atoms with van der Waals surface area (Å²) in [5, 5.41) is 7.85. The minimum atomic E-state index is 0.515. The Morgan fingerprint density at radius 2 is 1.86 bits per heavy atom. The summed E-state index contributed by atoms with van der Waals surface area (Å²) in [4.78, 5) is 0. The van der Waals surface area contributed by atoms with Crippen molar-refractivity contribution in [2.75, 3.05) is 0 Å². The van der Waals surface area contributed by atoms with Crippen LogP contribution in [0.4, 0.5) is 0 Å². The van der Waals surface area contributed by atoms with Gasteiger partial charge in [0.2, 0.25) is 5.62 Å². The number of imidazole rings is 1. The fraction of sp³-hybridized carbons (Fsp3) is 0.300. The maximum atomic E-state index is 7.85. The summed E-state index contributed by atoms with van der Waals surface area (Å²) in [6.07, 6.45) is 0. The second-order valence-corrected chi connectivity index (χ2v) is 4.45. The molecule has 2 rings (SSSR count). The number of nitrogens with one attached hydrogen (secondary N) is 1. The third-order valence-electron chi connectivity index (χ3n) is 2.58. The zero-order valence-corrected chi connectivity index (χ0v) is 10.0. The number of fused-ring (bicyclic) bond motifs is 1. The molecule has 3 nitrogen and oxygen atoms in total. The SMILES string of the molecule is Cc1cc(Br)cc2c1n(C)c(=N)n2C. The van der Waals surface area contributed by atoms with E-state index in [0.717, 1.165) is 15.5 Å². The highest BCUT2D eigenvalue weighted by atomic mass is 79.9. The van der Waals surface area contributed by atoms with Crippen LogP contribution in [-0.4, -0.2) is 9.13 Å².